The summed E-state index contributed by atoms with van der Waals surface area (Å²) in [6, 6.07) is 7.14. The molecule has 2 aliphatic heterocycles. The lowest BCUT2D eigenvalue weighted by molar-refractivity contribution is -0.152. The molecule has 1 amide bonds. The van der Waals surface area contributed by atoms with Gasteiger partial charge in [-0.2, -0.15) is 0 Å². The Morgan fingerprint density at radius 3 is 2.86 bits per heavy atom. The predicted molar refractivity (Wildman–Crippen MR) is 80.9 cm³/mol. The second-order valence-electron chi connectivity index (χ2n) is 6.01. The third-order valence-corrected chi connectivity index (χ3v) is 4.61. The van der Waals surface area contributed by atoms with Gasteiger partial charge in [0.1, 0.15) is 11.8 Å². The minimum absolute atomic E-state index is 0.0474. The SMILES string of the molecule is O=C(O)C1CCCCN1C(=O)CC1CCOc2ccccc21. The number of hydrogen-bond acceptors (Lipinski definition) is 3. The highest BCUT2D eigenvalue weighted by molar-refractivity contribution is 5.84. The minimum Gasteiger partial charge on any atom is -0.493 e. The Morgan fingerprint density at radius 1 is 1.23 bits per heavy atom. The molecule has 2 atom stereocenters. The molecule has 118 valence electrons. The molecule has 0 radical (unpaired) electrons. The second kappa shape index (κ2) is 6.38. The number of carbonyl (C=O) groups excluding carboxylic acids is 1. The molecule has 1 fully saturated rings. The van der Waals surface area contributed by atoms with Crippen LogP contribution in [-0.4, -0.2) is 41.1 Å². The number of carboxylic acid groups (broad SMARTS) is 1. The van der Waals surface area contributed by atoms with Gasteiger partial charge in [-0.05, 0) is 43.2 Å². The molecular formula is C17H21NO4. The Hall–Kier alpha value is -2.04. The van der Waals surface area contributed by atoms with E-state index < -0.39 is 12.0 Å². The number of hydrogen-bond donors (Lipinski definition) is 1. The van der Waals surface area contributed by atoms with Crippen LogP contribution in [0.5, 0.6) is 5.75 Å². The Labute approximate surface area is 129 Å². The van der Waals surface area contributed by atoms with Crippen molar-refractivity contribution in [3.05, 3.63) is 29.8 Å². The van der Waals surface area contributed by atoms with E-state index in [0.29, 0.717) is 26.0 Å². The van der Waals surface area contributed by atoms with E-state index in [1.54, 1.807) is 4.90 Å². The number of benzene rings is 1. The molecule has 5 nitrogen and oxygen atoms in total. The Kier molecular flexibility index (Phi) is 4.32. The van der Waals surface area contributed by atoms with Gasteiger partial charge in [0.25, 0.3) is 0 Å². The summed E-state index contributed by atoms with van der Waals surface area (Å²) in [4.78, 5) is 25.5. The van der Waals surface area contributed by atoms with Gasteiger partial charge >= 0.3 is 5.97 Å². The lowest BCUT2D eigenvalue weighted by Gasteiger charge is -2.34. The smallest absolute Gasteiger partial charge is 0.326 e. The fraction of sp³-hybridized carbons (Fsp3) is 0.529. The summed E-state index contributed by atoms with van der Waals surface area (Å²) in [6.45, 7) is 1.16. The van der Waals surface area contributed by atoms with E-state index in [1.807, 2.05) is 24.3 Å². The number of rotatable bonds is 3. The van der Waals surface area contributed by atoms with Gasteiger partial charge in [-0.1, -0.05) is 18.2 Å². The molecule has 1 saturated heterocycles. The maximum Gasteiger partial charge on any atom is 0.326 e. The fourth-order valence-electron chi connectivity index (χ4n) is 3.44. The summed E-state index contributed by atoms with van der Waals surface area (Å²) in [5.41, 5.74) is 1.06. The maximum absolute atomic E-state index is 12.6. The van der Waals surface area contributed by atoms with E-state index in [2.05, 4.69) is 0 Å². The van der Waals surface area contributed by atoms with Crippen molar-refractivity contribution < 1.29 is 19.4 Å². The number of amides is 1. The van der Waals surface area contributed by atoms with E-state index in [-0.39, 0.29) is 11.8 Å². The Balaban J connectivity index is 1.73. The van der Waals surface area contributed by atoms with Crippen molar-refractivity contribution in [2.45, 2.75) is 44.1 Å². The molecule has 0 aliphatic carbocycles. The van der Waals surface area contributed by atoms with Crippen molar-refractivity contribution in [1.82, 2.24) is 4.90 Å². The summed E-state index contributed by atoms with van der Waals surface area (Å²) in [5, 5.41) is 9.31. The second-order valence-corrected chi connectivity index (χ2v) is 6.01. The number of carbonyl (C=O) groups is 2. The number of para-hydroxylation sites is 1. The summed E-state index contributed by atoms with van der Waals surface area (Å²) in [7, 11) is 0. The number of ether oxygens (including phenoxy) is 1. The predicted octanol–water partition coefficient (Wildman–Crippen LogP) is 2.41. The van der Waals surface area contributed by atoms with Crippen LogP contribution >= 0.6 is 0 Å². The lowest BCUT2D eigenvalue weighted by atomic mass is 9.89. The molecule has 22 heavy (non-hydrogen) atoms. The van der Waals surface area contributed by atoms with Crippen LogP contribution in [0.25, 0.3) is 0 Å². The highest BCUT2D eigenvalue weighted by Gasteiger charge is 2.33. The average molecular weight is 303 g/mol. The van der Waals surface area contributed by atoms with Gasteiger partial charge in [-0.25, -0.2) is 4.79 Å². The molecule has 2 heterocycles. The molecular weight excluding hydrogens is 282 g/mol. The van der Waals surface area contributed by atoms with Crippen molar-refractivity contribution in [2.24, 2.45) is 0 Å². The van der Waals surface area contributed by atoms with Crippen molar-refractivity contribution in [1.29, 1.82) is 0 Å². The van der Waals surface area contributed by atoms with Gasteiger partial charge in [-0.3, -0.25) is 4.79 Å². The van der Waals surface area contributed by atoms with Crippen LogP contribution in [0.15, 0.2) is 24.3 Å². The molecule has 0 bridgehead atoms. The van der Waals surface area contributed by atoms with Crippen molar-refractivity contribution in [2.75, 3.05) is 13.2 Å². The standard InChI is InChI=1S/C17H21NO4/c19-16(18-9-4-3-6-14(18)17(20)21)11-12-8-10-22-15-7-2-1-5-13(12)15/h1-2,5,7,12,14H,3-4,6,8-11H2,(H,20,21). The highest BCUT2D eigenvalue weighted by Crippen LogP contribution is 2.36. The van der Waals surface area contributed by atoms with Gasteiger partial charge in [-0.15, -0.1) is 0 Å². The molecule has 3 rings (SSSR count). The highest BCUT2D eigenvalue weighted by atomic mass is 16.5. The first-order chi connectivity index (χ1) is 10.7. The minimum atomic E-state index is -0.888. The number of likely N-dealkylation sites (tertiary alicyclic amines) is 1. The number of carboxylic acids is 1. The van der Waals surface area contributed by atoms with E-state index >= 15 is 0 Å². The summed E-state index contributed by atoms with van der Waals surface area (Å²) in [5.74, 6) is 0.0306. The molecule has 1 aromatic carbocycles. The topological polar surface area (TPSA) is 66.8 Å². The van der Waals surface area contributed by atoms with Gasteiger partial charge in [0.05, 0.1) is 6.61 Å². The molecule has 2 aliphatic rings. The van der Waals surface area contributed by atoms with Crippen LogP contribution in [0, 0.1) is 0 Å². The van der Waals surface area contributed by atoms with E-state index in [4.69, 9.17) is 4.74 Å². The van der Waals surface area contributed by atoms with Crippen LogP contribution in [0.1, 0.15) is 43.6 Å². The maximum atomic E-state index is 12.6. The van der Waals surface area contributed by atoms with Crippen molar-refractivity contribution in [3.63, 3.8) is 0 Å². The van der Waals surface area contributed by atoms with Gasteiger partial charge in [0.15, 0.2) is 0 Å². The van der Waals surface area contributed by atoms with Crippen LogP contribution in [0.4, 0.5) is 0 Å². The zero-order chi connectivity index (χ0) is 15.5. The lowest BCUT2D eigenvalue weighted by Crippen LogP contribution is -2.48. The molecule has 5 heteroatoms. The summed E-state index contributed by atoms with van der Waals surface area (Å²) in [6.07, 6.45) is 3.49. The summed E-state index contributed by atoms with van der Waals surface area (Å²) < 4.78 is 5.62. The first-order valence-electron chi connectivity index (χ1n) is 7.91. The Bertz CT molecular complexity index is 572. The zero-order valence-electron chi connectivity index (χ0n) is 12.5. The van der Waals surface area contributed by atoms with Crippen molar-refractivity contribution >= 4 is 11.9 Å². The fourth-order valence-corrected chi connectivity index (χ4v) is 3.44. The number of nitrogens with zero attached hydrogens (tertiary/aromatic N) is 1. The third kappa shape index (κ3) is 2.93. The van der Waals surface area contributed by atoms with E-state index in [9.17, 15) is 14.7 Å². The van der Waals surface area contributed by atoms with Crippen LogP contribution in [0.3, 0.4) is 0 Å². The van der Waals surface area contributed by atoms with Crippen molar-refractivity contribution in [3.8, 4) is 5.75 Å². The number of fused-ring (bicyclic) bond motifs is 1. The van der Waals surface area contributed by atoms with E-state index in [1.165, 1.54) is 0 Å². The zero-order valence-corrected chi connectivity index (χ0v) is 12.5. The molecule has 0 spiro atoms. The molecule has 1 N–H and O–H groups in total. The molecule has 0 saturated carbocycles. The van der Waals surface area contributed by atoms with Gasteiger partial charge in [0.2, 0.25) is 5.91 Å². The molecule has 0 aromatic heterocycles. The van der Waals surface area contributed by atoms with Crippen LogP contribution in [-0.2, 0) is 9.59 Å². The molecule has 2 unspecified atom stereocenters. The van der Waals surface area contributed by atoms with Crippen LogP contribution < -0.4 is 4.74 Å². The van der Waals surface area contributed by atoms with Gasteiger partial charge in [0, 0.05) is 13.0 Å². The largest absolute Gasteiger partial charge is 0.493 e. The van der Waals surface area contributed by atoms with E-state index in [0.717, 1.165) is 30.6 Å². The number of aliphatic carboxylic acids is 1. The molecule has 1 aromatic rings. The normalized spacial score (nSPS) is 24.3. The third-order valence-electron chi connectivity index (χ3n) is 4.61. The van der Waals surface area contributed by atoms with Gasteiger partial charge < -0.3 is 14.7 Å². The monoisotopic (exact) mass is 303 g/mol. The number of piperidine rings is 1. The Morgan fingerprint density at radius 2 is 2.05 bits per heavy atom. The first-order valence-corrected chi connectivity index (χ1v) is 7.91. The first kappa shape index (κ1) is 14.9. The average Bonchev–Trinajstić information content (AvgIpc) is 2.55. The quantitative estimate of drug-likeness (QED) is 0.931. The summed E-state index contributed by atoms with van der Waals surface area (Å²) >= 11 is 0. The van der Waals surface area contributed by atoms with Crippen LogP contribution in [0.2, 0.25) is 0 Å².